The minimum Gasteiger partial charge on any atom is -0.493 e. The zero-order valence-electron chi connectivity index (χ0n) is 71.5. The van der Waals surface area contributed by atoms with Crippen LogP contribution in [0.1, 0.15) is 130 Å². The molecule has 2 N–H and O–H groups in total. The fraction of sp³-hybridized carbons (Fsp3) is 0.323. The number of fused-ring (bicyclic) bond motifs is 16. The van der Waals surface area contributed by atoms with Gasteiger partial charge in [-0.2, -0.15) is 23.5 Å². The van der Waals surface area contributed by atoms with Crippen LogP contribution in [0.25, 0.3) is 0 Å². The van der Waals surface area contributed by atoms with Crippen molar-refractivity contribution in [1.82, 2.24) is 0 Å². The van der Waals surface area contributed by atoms with E-state index in [1.807, 2.05) is 196 Å². The van der Waals surface area contributed by atoms with Crippen molar-refractivity contribution in [3.63, 3.8) is 0 Å². The number of nitrogens with one attached hydrogen (secondary N) is 2. The zero-order valence-corrected chi connectivity index (χ0v) is 78.8. The van der Waals surface area contributed by atoms with Gasteiger partial charge in [0.15, 0.2) is 11.5 Å². The molecule has 0 bridgehead atoms. The van der Waals surface area contributed by atoms with Crippen LogP contribution in [0, 0.1) is 25.7 Å². The third kappa shape index (κ3) is 18.3. The number of hydrogen-bond acceptors (Lipinski definition) is 15. The van der Waals surface area contributed by atoms with Crippen molar-refractivity contribution in [2.45, 2.75) is 124 Å². The molecule has 24 heteroatoms. The number of thioether (sulfide) groups is 2. The summed E-state index contributed by atoms with van der Waals surface area (Å²) in [5, 5.41) is 7.10. The summed E-state index contributed by atoms with van der Waals surface area (Å²) in [6.07, 6.45) is 11.0. The molecular formula is C99H101N9O11S2Y2. The number of ether oxygens (including phenoxy) is 6. The average Bonchev–Trinajstić information content (AvgIpc) is 1.63. The van der Waals surface area contributed by atoms with Gasteiger partial charge in [0.25, 0.3) is 11.8 Å². The van der Waals surface area contributed by atoms with Crippen LogP contribution in [0.15, 0.2) is 182 Å². The van der Waals surface area contributed by atoms with Gasteiger partial charge in [0.1, 0.15) is 63.5 Å². The van der Waals surface area contributed by atoms with Crippen LogP contribution in [-0.2, 0) is 129 Å². The van der Waals surface area contributed by atoms with E-state index < -0.39 is 0 Å². The molecule has 0 saturated heterocycles. The normalized spacial score (nSPS) is 17.0. The minimum absolute atomic E-state index is 0. The van der Waals surface area contributed by atoms with Gasteiger partial charge in [-0.15, -0.1) is 0 Å². The molecule has 2 radical (unpaired) electrons. The molecular weight excluding hydrogens is 1730 g/mol. The molecule has 4 atom stereocenters. The second-order valence-electron chi connectivity index (χ2n) is 33.3. The largest absolute Gasteiger partial charge is 0.493 e. The van der Waals surface area contributed by atoms with Crippen molar-refractivity contribution in [1.29, 1.82) is 0 Å². The van der Waals surface area contributed by atoms with Gasteiger partial charge in [0.05, 0.1) is 65.9 Å². The van der Waals surface area contributed by atoms with Crippen LogP contribution < -0.4 is 63.6 Å². The Morgan fingerprint density at radius 3 is 1.24 bits per heavy atom. The predicted molar refractivity (Wildman–Crippen MR) is 482 cm³/mol. The molecule has 10 aromatic carbocycles. The van der Waals surface area contributed by atoms with Crippen molar-refractivity contribution in [3.8, 4) is 34.5 Å². The summed E-state index contributed by atoms with van der Waals surface area (Å²) in [7, 11) is 8.81. The van der Waals surface area contributed by atoms with E-state index in [-0.39, 0.29) is 132 Å². The van der Waals surface area contributed by atoms with Gasteiger partial charge in [-0.3, -0.25) is 24.0 Å². The molecule has 0 spiro atoms. The van der Waals surface area contributed by atoms with E-state index in [0.29, 0.717) is 107 Å². The van der Waals surface area contributed by atoms with E-state index in [9.17, 15) is 24.0 Å². The third-order valence-corrected chi connectivity index (χ3v) is 26.5. The summed E-state index contributed by atoms with van der Waals surface area (Å²) >= 11 is 3.60. The van der Waals surface area contributed by atoms with Crippen LogP contribution >= 0.6 is 23.5 Å². The van der Waals surface area contributed by atoms with Crippen LogP contribution in [0.2, 0.25) is 0 Å². The molecule has 0 unspecified atom stereocenters. The molecule has 8 heterocycles. The number of nitrogens with zero attached hydrogens (tertiary/aromatic N) is 7. The van der Waals surface area contributed by atoms with Crippen molar-refractivity contribution in [2.24, 2.45) is 11.8 Å². The molecule has 0 aliphatic carbocycles. The predicted octanol–water partition coefficient (Wildman–Crippen LogP) is 17.2. The molecule has 18 rings (SSSR count). The standard InChI is InChI=1S/C50H51N5O6S.C49H50N4O5S.2Y/c1-30(2)28-62-29-48(56)53(5)36-17-32(26-60-45-22-41-39(15-31(45)3)49(57)54-37(24-51-41)19-34-11-7-9-13-42(34)54)16-33(18-36)27-61-47-23-44-40(21-46(47)59-6)50(58)55-38(25-52(44)4)20-35-12-8-10-14-43(35)55;1-30(2)29-59-15-14-32-17-33(27-57-45-23-41-39(16-31(45)3)48(54)52-37(25-50-41)20-35-10-6-8-12-42(35)52)19-34(18-32)28-58-47-24-44-40(22-46(47)56-5)49(55)53-38(26-51(44)4)21-36-11-7-9-13-43(36)53;;/h7-18,21-23,30,37-38,51H,19-20,24,26-29H2,1-6H3;6-13,16-19,22-24,30,37-38,50H,14-15,20-21,25,27-29H2,1-5H3;;/t2*37-,38-;;/m00../s1. The van der Waals surface area contributed by atoms with Crippen molar-refractivity contribution in [2.75, 3.05) is 107 Å². The Morgan fingerprint density at radius 1 is 0.455 bits per heavy atom. The van der Waals surface area contributed by atoms with E-state index in [1.165, 1.54) is 16.7 Å². The van der Waals surface area contributed by atoms with Crippen molar-refractivity contribution >= 4 is 117 Å². The van der Waals surface area contributed by atoms with Crippen LogP contribution in [0.3, 0.4) is 0 Å². The van der Waals surface area contributed by atoms with Gasteiger partial charge in [-0.1, -0.05) is 113 Å². The Kier molecular flexibility index (Phi) is 27.2. The maximum atomic E-state index is 14.1. The van der Waals surface area contributed by atoms with E-state index >= 15 is 0 Å². The van der Waals surface area contributed by atoms with Crippen LogP contribution in [0.5, 0.6) is 34.5 Å². The molecule has 0 saturated carbocycles. The molecule has 123 heavy (non-hydrogen) atoms. The number of benzene rings is 10. The summed E-state index contributed by atoms with van der Waals surface area (Å²) in [5.74, 6) is 7.67. The maximum Gasteiger partial charge on any atom is 0.260 e. The quantitative estimate of drug-likeness (QED) is 0.0330. The zero-order chi connectivity index (χ0) is 84.0. The first-order valence-electron chi connectivity index (χ1n) is 41.7. The number of amides is 5. The number of methoxy groups -OCH3 is 2. The summed E-state index contributed by atoms with van der Waals surface area (Å²) in [6.45, 7) is 15.1. The van der Waals surface area contributed by atoms with E-state index in [2.05, 4.69) is 93.2 Å². The summed E-state index contributed by atoms with van der Waals surface area (Å²) in [5.41, 5.74) is 21.1. The number of carbonyl (C=O) groups excluding carboxylic acids is 5. The van der Waals surface area contributed by atoms with Gasteiger partial charge in [-0.25, -0.2) is 0 Å². The second kappa shape index (κ2) is 37.9. The number of anilines is 7. The summed E-state index contributed by atoms with van der Waals surface area (Å²) in [6, 6.07) is 59.6. The van der Waals surface area contributed by atoms with Gasteiger partial charge in [0, 0.05) is 162 Å². The molecule has 0 aromatic heterocycles. The van der Waals surface area contributed by atoms with Crippen molar-refractivity contribution < 1.29 is 127 Å². The second-order valence-corrected chi connectivity index (χ2v) is 35.5. The Labute approximate surface area is 779 Å². The number of carbonyl (C=O) groups is 5. The van der Waals surface area contributed by atoms with E-state index in [4.69, 9.17) is 28.4 Å². The number of para-hydroxylation sites is 4. The molecule has 0 fully saturated rings. The minimum atomic E-state index is -0.233. The summed E-state index contributed by atoms with van der Waals surface area (Å²) < 4.78 is 41.6. The molecule has 8 aliphatic rings. The van der Waals surface area contributed by atoms with Crippen LogP contribution in [-0.4, -0.2) is 147 Å². The van der Waals surface area contributed by atoms with E-state index in [0.717, 1.165) is 139 Å². The Hall–Kier alpha value is -9.80. The smallest absolute Gasteiger partial charge is 0.260 e. The van der Waals surface area contributed by atoms with E-state index in [1.54, 1.807) is 50.1 Å². The fourth-order valence-corrected chi connectivity index (χ4v) is 19.7. The first kappa shape index (κ1) is 88.1. The van der Waals surface area contributed by atoms with Gasteiger partial charge >= 0.3 is 0 Å². The molecule has 20 nitrogen and oxygen atoms in total. The monoisotopic (exact) mass is 1830 g/mol. The Bertz CT molecular complexity index is 5860. The van der Waals surface area contributed by atoms with Gasteiger partial charge in [-0.05, 0) is 221 Å². The van der Waals surface area contributed by atoms with Gasteiger partial charge in [0.2, 0.25) is 17.7 Å². The number of rotatable bonds is 24. The first-order valence-corrected chi connectivity index (χ1v) is 44.0. The maximum absolute atomic E-state index is 14.1. The Balaban J connectivity index is 0.000000188. The number of aryl methyl sites for hydroxylation is 3. The average molecular weight is 1830 g/mol. The SMILES string of the molecule is COc1cc2c(cc1OCc1cc(CCSCC(C)C)cc(COc3cc4c(cc3C)C(=O)N3c5ccccc5C[C@H]3CN4)c1)[N+](C)=[C-][C@@H]1Cc3ccccc3N1C2=O.COc1cc2c(cc1OCc1cc(COc3cc4c(cc3C)C(=O)N3c5ccccc5C[C@H]3CN4)cc(N(C)C(=O)CSCC(C)C)c1)[N+](C)=[C-][C@@H]1Cc3ccccc3N1C2=O.[Y].[Y]. The number of hydrogen-bond donors (Lipinski definition) is 2. The molecule has 626 valence electrons. The molecule has 5 amide bonds. The molecule has 10 aromatic rings. The third-order valence-electron chi connectivity index (χ3n) is 23.7. The fourth-order valence-electron chi connectivity index (χ4n) is 17.7. The first-order chi connectivity index (χ1) is 58.6. The topological polar surface area (TPSA) is 187 Å². The van der Waals surface area contributed by atoms with Crippen molar-refractivity contribution in [3.05, 3.63) is 265 Å². The van der Waals surface area contributed by atoms with Crippen LogP contribution in [0.4, 0.5) is 51.2 Å². The van der Waals surface area contributed by atoms with Gasteiger partial charge < -0.3 is 72.7 Å². The summed E-state index contributed by atoms with van der Waals surface area (Å²) in [4.78, 5) is 78.9. The molecule has 8 aliphatic heterocycles. The Morgan fingerprint density at radius 2 is 0.821 bits per heavy atom.